The summed E-state index contributed by atoms with van der Waals surface area (Å²) in [5, 5.41) is 9.77. The summed E-state index contributed by atoms with van der Waals surface area (Å²) in [6.45, 7) is 0.426. The highest BCUT2D eigenvalue weighted by Crippen LogP contribution is 2.39. The summed E-state index contributed by atoms with van der Waals surface area (Å²) < 4.78 is 2.02. The number of pyridine rings is 2. The van der Waals surface area contributed by atoms with E-state index in [9.17, 15) is 4.79 Å². The highest BCUT2D eigenvalue weighted by atomic mass is 35.5. The Morgan fingerprint density at radius 1 is 0.974 bits per heavy atom. The number of anilines is 1. The molecule has 39 heavy (non-hydrogen) atoms. The number of fused-ring (bicyclic) bond motifs is 1. The van der Waals surface area contributed by atoms with Gasteiger partial charge in [-0.1, -0.05) is 54.1 Å². The SMILES string of the molecule is O=C(CCN1C(=S)N[C@@H](c2ccccn2)[C@H]1c1cccn1-c1ccc(Cl)cn1)Nc1cccc2ccccc12. The van der Waals surface area contributed by atoms with Gasteiger partial charge in [-0.3, -0.25) is 9.78 Å². The minimum absolute atomic E-state index is 0.0797. The van der Waals surface area contributed by atoms with E-state index in [2.05, 4.69) is 31.6 Å². The highest BCUT2D eigenvalue weighted by Gasteiger charge is 2.41. The molecule has 9 heteroatoms. The molecule has 5 aromatic rings. The fraction of sp³-hybridized carbons (Fsp3) is 0.133. The van der Waals surface area contributed by atoms with Gasteiger partial charge in [-0.2, -0.15) is 0 Å². The largest absolute Gasteiger partial charge is 0.352 e. The summed E-state index contributed by atoms with van der Waals surface area (Å²) in [6, 6.07) is 27.1. The molecule has 1 amide bonds. The number of hydrogen-bond acceptors (Lipinski definition) is 4. The molecule has 0 bridgehead atoms. The number of carbonyl (C=O) groups is 1. The number of aromatic nitrogens is 3. The molecule has 0 spiro atoms. The third-order valence-electron chi connectivity index (χ3n) is 6.88. The minimum Gasteiger partial charge on any atom is -0.352 e. The Morgan fingerprint density at radius 2 is 1.82 bits per heavy atom. The van der Waals surface area contributed by atoms with Crippen molar-refractivity contribution in [2.45, 2.75) is 18.5 Å². The van der Waals surface area contributed by atoms with E-state index in [0.29, 0.717) is 16.7 Å². The highest BCUT2D eigenvalue weighted by molar-refractivity contribution is 7.80. The van der Waals surface area contributed by atoms with Crippen LogP contribution in [0.1, 0.15) is 29.9 Å². The molecule has 3 aromatic heterocycles. The van der Waals surface area contributed by atoms with E-state index < -0.39 is 0 Å². The number of rotatable bonds is 7. The van der Waals surface area contributed by atoms with Crippen LogP contribution in [0, 0.1) is 0 Å². The van der Waals surface area contributed by atoms with Gasteiger partial charge in [0.2, 0.25) is 5.91 Å². The zero-order chi connectivity index (χ0) is 26.8. The van der Waals surface area contributed by atoms with Crippen molar-refractivity contribution in [1.82, 2.24) is 24.8 Å². The molecule has 2 N–H and O–H groups in total. The first-order chi connectivity index (χ1) is 19.1. The number of halogens is 1. The van der Waals surface area contributed by atoms with Crippen LogP contribution >= 0.6 is 23.8 Å². The lowest BCUT2D eigenvalue weighted by atomic mass is 10.0. The van der Waals surface area contributed by atoms with E-state index >= 15 is 0 Å². The monoisotopic (exact) mass is 552 g/mol. The summed E-state index contributed by atoms with van der Waals surface area (Å²) in [5.74, 6) is 0.662. The molecule has 1 aliphatic rings. The molecular weight excluding hydrogens is 528 g/mol. The zero-order valence-corrected chi connectivity index (χ0v) is 22.4. The van der Waals surface area contributed by atoms with Crippen molar-refractivity contribution >= 4 is 51.3 Å². The fourth-order valence-electron chi connectivity index (χ4n) is 5.09. The third kappa shape index (κ3) is 5.08. The van der Waals surface area contributed by atoms with Crippen LogP contribution in [-0.4, -0.2) is 37.0 Å². The lowest BCUT2D eigenvalue weighted by molar-refractivity contribution is -0.116. The van der Waals surface area contributed by atoms with Crippen molar-refractivity contribution < 1.29 is 4.79 Å². The average Bonchev–Trinajstić information content (AvgIpc) is 3.57. The van der Waals surface area contributed by atoms with Gasteiger partial charge >= 0.3 is 0 Å². The Labute approximate surface area is 236 Å². The van der Waals surface area contributed by atoms with Gasteiger partial charge in [0.05, 0.1) is 22.8 Å². The first kappa shape index (κ1) is 25.0. The zero-order valence-electron chi connectivity index (χ0n) is 20.9. The molecule has 7 nitrogen and oxygen atoms in total. The second kappa shape index (κ2) is 10.8. The second-order valence-corrected chi connectivity index (χ2v) is 10.1. The fourth-order valence-corrected chi connectivity index (χ4v) is 5.53. The smallest absolute Gasteiger partial charge is 0.226 e. The maximum absolute atomic E-state index is 13.1. The Hall–Kier alpha value is -4.27. The third-order valence-corrected chi connectivity index (χ3v) is 7.46. The van der Waals surface area contributed by atoms with Gasteiger partial charge < -0.3 is 20.1 Å². The van der Waals surface area contributed by atoms with Crippen molar-refractivity contribution in [2.24, 2.45) is 0 Å². The number of benzene rings is 2. The van der Waals surface area contributed by atoms with Gasteiger partial charge in [0.25, 0.3) is 0 Å². The predicted octanol–water partition coefficient (Wildman–Crippen LogP) is 6.08. The molecule has 194 valence electrons. The van der Waals surface area contributed by atoms with E-state index in [1.807, 2.05) is 89.6 Å². The van der Waals surface area contributed by atoms with Crippen molar-refractivity contribution in [3.63, 3.8) is 0 Å². The van der Waals surface area contributed by atoms with Crippen molar-refractivity contribution in [3.8, 4) is 5.82 Å². The second-order valence-electron chi connectivity index (χ2n) is 9.28. The van der Waals surface area contributed by atoms with Gasteiger partial charge in [-0.25, -0.2) is 4.98 Å². The van der Waals surface area contributed by atoms with Crippen molar-refractivity contribution in [3.05, 3.63) is 120 Å². The Balaban J connectivity index is 1.29. The number of amides is 1. The standard InChI is InChI=1S/C30H25ClN6OS/c31-21-13-14-26(33-19-21)36-17-6-12-25(36)29-28(24-10-3-4-16-32-24)35-30(39)37(29)18-15-27(38)34-23-11-5-8-20-7-1-2-9-22(20)23/h1-14,16-17,19,28-29H,15,18H2,(H,34,38)(H,35,39)/t28-,29+/m0/s1. The van der Waals surface area contributed by atoms with Gasteiger partial charge in [0, 0.05) is 48.3 Å². The van der Waals surface area contributed by atoms with E-state index in [0.717, 1.165) is 33.7 Å². The van der Waals surface area contributed by atoms with Crippen LogP contribution in [0.15, 0.2) is 104 Å². The summed E-state index contributed by atoms with van der Waals surface area (Å²) in [6.07, 6.45) is 5.63. The van der Waals surface area contributed by atoms with Crippen LogP contribution in [0.2, 0.25) is 5.02 Å². The molecule has 0 unspecified atom stereocenters. The van der Waals surface area contributed by atoms with Crippen LogP contribution < -0.4 is 10.6 Å². The number of thiocarbonyl (C=S) groups is 1. The molecule has 2 atom stereocenters. The molecule has 0 radical (unpaired) electrons. The van der Waals surface area contributed by atoms with E-state index in [1.54, 1.807) is 12.4 Å². The molecule has 2 aromatic carbocycles. The van der Waals surface area contributed by atoms with Crippen LogP contribution in [0.3, 0.4) is 0 Å². The van der Waals surface area contributed by atoms with Crippen LogP contribution in [0.5, 0.6) is 0 Å². The molecule has 6 rings (SSSR count). The molecule has 1 fully saturated rings. The van der Waals surface area contributed by atoms with E-state index in [4.69, 9.17) is 23.8 Å². The summed E-state index contributed by atoms with van der Waals surface area (Å²) in [5.41, 5.74) is 2.64. The quantitative estimate of drug-likeness (QED) is 0.239. The maximum atomic E-state index is 13.1. The summed E-state index contributed by atoms with van der Waals surface area (Å²) >= 11 is 11.9. The molecule has 0 aliphatic carbocycles. The molecular formula is C30H25ClN6OS. The molecule has 0 saturated carbocycles. The lowest BCUT2D eigenvalue weighted by Gasteiger charge is -2.28. The average molecular weight is 553 g/mol. The predicted molar refractivity (Wildman–Crippen MR) is 158 cm³/mol. The molecule has 1 aliphatic heterocycles. The summed E-state index contributed by atoms with van der Waals surface area (Å²) in [7, 11) is 0. The Bertz CT molecular complexity index is 1630. The number of carbonyl (C=O) groups excluding carboxylic acids is 1. The lowest BCUT2D eigenvalue weighted by Crippen LogP contribution is -2.33. The van der Waals surface area contributed by atoms with E-state index in [-0.39, 0.29) is 24.4 Å². The van der Waals surface area contributed by atoms with Crippen molar-refractivity contribution in [1.29, 1.82) is 0 Å². The molecule has 4 heterocycles. The van der Waals surface area contributed by atoms with Gasteiger partial charge in [0.1, 0.15) is 5.82 Å². The first-order valence-electron chi connectivity index (χ1n) is 12.6. The Kier molecular flexibility index (Phi) is 6.96. The van der Waals surface area contributed by atoms with Crippen molar-refractivity contribution in [2.75, 3.05) is 11.9 Å². The topological polar surface area (TPSA) is 75.1 Å². The summed E-state index contributed by atoms with van der Waals surface area (Å²) in [4.78, 5) is 24.3. The Morgan fingerprint density at radius 3 is 2.64 bits per heavy atom. The van der Waals surface area contributed by atoms with Crippen LogP contribution in [0.25, 0.3) is 16.6 Å². The maximum Gasteiger partial charge on any atom is 0.226 e. The van der Waals surface area contributed by atoms with E-state index in [1.165, 1.54) is 0 Å². The van der Waals surface area contributed by atoms with Crippen LogP contribution in [0.4, 0.5) is 5.69 Å². The van der Waals surface area contributed by atoms with Gasteiger partial charge in [0.15, 0.2) is 5.11 Å². The molecule has 1 saturated heterocycles. The number of nitrogens with zero attached hydrogens (tertiary/aromatic N) is 4. The number of hydrogen-bond donors (Lipinski definition) is 2. The number of nitrogens with one attached hydrogen (secondary N) is 2. The van der Waals surface area contributed by atoms with Gasteiger partial charge in [-0.15, -0.1) is 0 Å². The minimum atomic E-state index is -0.217. The van der Waals surface area contributed by atoms with Crippen LogP contribution in [-0.2, 0) is 4.79 Å². The first-order valence-corrected chi connectivity index (χ1v) is 13.4. The normalized spacial score (nSPS) is 16.8. The van der Waals surface area contributed by atoms with Gasteiger partial charge in [-0.05, 0) is 60.1 Å².